The third-order valence-corrected chi connectivity index (χ3v) is 4.03. The number of aromatic amines is 1. The lowest BCUT2D eigenvalue weighted by Gasteiger charge is -2.23. The fourth-order valence-electron chi connectivity index (χ4n) is 2.33. The maximum atomic E-state index is 12.1. The lowest BCUT2D eigenvalue weighted by molar-refractivity contribution is -0.125. The molecule has 0 spiro atoms. The van der Waals surface area contributed by atoms with E-state index in [9.17, 15) is 9.59 Å². The molecule has 1 fully saturated rings. The molecule has 0 aliphatic heterocycles. The summed E-state index contributed by atoms with van der Waals surface area (Å²) in [5.41, 5.74) is 0.522. The summed E-state index contributed by atoms with van der Waals surface area (Å²) in [6.45, 7) is 2.27. The number of nitrogens with zero attached hydrogens (tertiary/aromatic N) is 2. The number of nitrogens with one attached hydrogen (secondary N) is 2. The van der Waals surface area contributed by atoms with E-state index in [-0.39, 0.29) is 17.5 Å². The van der Waals surface area contributed by atoms with Crippen LogP contribution in [0, 0.1) is 0 Å². The third-order valence-electron chi connectivity index (χ3n) is 4.03. The minimum atomic E-state index is -0.266. The van der Waals surface area contributed by atoms with Gasteiger partial charge in [0.15, 0.2) is 0 Å². The molecule has 0 unspecified atom stereocenters. The standard InChI is InChI=1S/C16H20N4O2/c1-10(15(21)17-11-7-8-11)20(2)9-14-18-13-6-4-3-5-12(13)16(22)19-14/h3-6,10-11H,7-9H2,1-2H3,(H,17,21)(H,18,19,22)/t10-/m0/s1. The van der Waals surface area contributed by atoms with Crippen LogP contribution in [0.2, 0.25) is 0 Å². The van der Waals surface area contributed by atoms with E-state index in [1.165, 1.54) is 0 Å². The predicted octanol–water partition coefficient (Wildman–Crippen LogP) is 1.02. The molecular weight excluding hydrogens is 280 g/mol. The second-order valence-electron chi connectivity index (χ2n) is 5.90. The van der Waals surface area contributed by atoms with Gasteiger partial charge in [-0.3, -0.25) is 14.5 Å². The number of fused-ring (bicyclic) bond motifs is 1. The Kier molecular flexibility index (Phi) is 3.94. The van der Waals surface area contributed by atoms with Gasteiger partial charge in [-0.15, -0.1) is 0 Å². The number of H-pyrrole nitrogens is 1. The Morgan fingerprint density at radius 2 is 2.18 bits per heavy atom. The summed E-state index contributed by atoms with van der Waals surface area (Å²) in [5.74, 6) is 0.588. The van der Waals surface area contributed by atoms with Crippen molar-refractivity contribution in [2.24, 2.45) is 0 Å². The van der Waals surface area contributed by atoms with E-state index < -0.39 is 0 Å². The molecule has 1 aromatic heterocycles. The first-order valence-corrected chi connectivity index (χ1v) is 7.53. The van der Waals surface area contributed by atoms with E-state index in [1.807, 2.05) is 37.1 Å². The molecule has 1 amide bonds. The summed E-state index contributed by atoms with van der Waals surface area (Å²) in [6.07, 6.45) is 2.14. The Balaban J connectivity index is 1.74. The Morgan fingerprint density at radius 3 is 2.91 bits per heavy atom. The highest BCUT2D eigenvalue weighted by molar-refractivity contribution is 5.81. The normalized spacial score (nSPS) is 16.0. The van der Waals surface area contributed by atoms with E-state index in [0.29, 0.717) is 29.3 Å². The zero-order valence-corrected chi connectivity index (χ0v) is 12.8. The molecule has 6 heteroatoms. The summed E-state index contributed by atoms with van der Waals surface area (Å²) >= 11 is 0. The van der Waals surface area contributed by atoms with Crippen molar-refractivity contribution in [2.45, 2.75) is 38.4 Å². The largest absolute Gasteiger partial charge is 0.352 e. The zero-order valence-electron chi connectivity index (χ0n) is 12.8. The van der Waals surface area contributed by atoms with Gasteiger partial charge in [-0.1, -0.05) is 12.1 Å². The van der Waals surface area contributed by atoms with Crippen molar-refractivity contribution in [1.29, 1.82) is 0 Å². The number of para-hydroxylation sites is 1. The quantitative estimate of drug-likeness (QED) is 0.864. The van der Waals surface area contributed by atoms with Crippen LogP contribution in [-0.2, 0) is 11.3 Å². The first kappa shape index (κ1) is 14.7. The second kappa shape index (κ2) is 5.88. The van der Waals surface area contributed by atoms with Gasteiger partial charge >= 0.3 is 0 Å². The van der Waals surface area contributed by atoms with Crippen LogP contribution < -0.4 is 10.9 Å². The summed E-state index contributed by atoms with van der Waals surface area (Å²) in [6, 6.07) is 7.32. The van der Waals surface area contributed by atoms with E-state index in [0.717, 1.165) is 12.8 Å². The highest BCUT2D eigenvalue weighted by Crippen LogP contribution is 2.19. The molecule has 3 rings (SSSR count). The van der Waals surface area contributed by atoms with Crippen LogP contribution in [0.4, 0.5) is 0 Å². The summed E-state index contributed by atoms with van der Waals surface area (Å²) in [4.78, 5) is 33.2. The molecule has 1 saturated carbocycles. The van der Waals surface area contributed by atoms with Gasteiger partial charge in [-0.2, -0.15) is 0 Å². The van der Waals surface area contributed by atoms with Crippen molar-refractivity contribution in [3.63, 3.8) is 0 Å². The van der Waals surface area contributed by atoms with Gasteiger partial charge in [0.2, 0.25) is 5.91 Å². The number of hydrogen-bond donors (Lipinski definition) is 2. The van der Waals surface area contributed by atoms with Crippen molar-refractivity contribution >= 4 is 16.8 Å². The molecule has 6 nitrogen and oxygen atoms in total. The maximum Gasteiger partial charge on any atom is 0.258 e. The first-order valence-electron chi connectivity index (χ1n) is 7.53. The number of hydrogen-bond acceptors (Lipinski definition) is 4. The van der Waals surface area contributed by atoms with E-state index in [2.05, 4.69) is 15.3 Å². The van der Waals surface area contributed by atoms with Gasteiger partial charge in [0, 0.05) is 6.04 Å². The molecular formula is C16H20N4O2. The van der Waals surface area contributed by atoms with Crippen LogP contribution in [0.1, 0.15) is 25.6 Å². The molecule has 1 heterocycles. The Labute approximate surface area is 128 Å². The minimum absolute atomic E-state index is 0.0214. The summed E-state index contributed by atoms with van der Waals surface area (Å²) < 4.78 is 0. The average Bonchev–Trinajstić information content (AvgIpc) is 3.30. The van der Waals surface area contributed by atoms with Crippen LogP contribution in [-0.4, -0.2) is 39.9 Å². The Hall–Kier alpha value is -2.21. The molecule has 22 heavy (non-hydrogen) atoms. The predicted molar refractivity (Wildman–Crippen MR) is 84.5 cm³/mol. The lowest BCUT2D eigenvalue weighted by atomic mass is 10.2. The van der Waals surface area contributed by atoms with E-state index in [4.69, 9.17) is 0 Å². The number of benzene rings is 1. The second-order valence-corrected chi connectivity index (χ2v) is 5.90. The van der Waals surface area contributed by atoms with Gasteiger partial charge in [0.25, 0.3) is 5.56 Å². The number of amides is 1. The SMILES string of the molecule is C[C@@H](C(=O)NC1CC1)N(C)Cc1nc2ccccc2c(=O)[nH]1. The highest BCUT2D eigenvalue weighted by atomic mass is 16.2. The average molecular weight is 300 g/mol. The number of rotatable bonds is 5. The van der Waals surface area contributed by atoms with Gasteiger partial charge < -0.3 is 10.3 Å². The number of carbonyl (C=O) groups excluding carboxylic acids is 1. The van der Waals surface area contributed by atoms with Gasteiger partial charge in [0.1, 0.15) is 5.82 Å². The summed E-state index contributed by atoms with van der Waals surface area (Å²) in [7, 11) is 1.85. The smallest absolute Gasteiger partial charge is 0.258 e. The van der Waals surface area contributed by atoms with Gasteiger partial charge in [-0.25, -0.2) is 4.98 Å². The van der Waals surface area contributed by atoms with Crippen LogP contribution in [0.15, 0.2) is 29.1 Å². The van der Waals surface area contributed by atoms with Crippen molar-refractivity contribution in [3.05, 3.63) is 40.4 Å². The van der Waals surface area contributed by atoms with E-state index >= 15 is 0 Å². The highest BCUT2D eigenvalue weighted by Gasteiger charge is 2.27. The van der Waals surface area contributed by atoms with Crippen LogP contribution in [0.3, 0.4) is 0 Å². The molecule has 0 radical (unpaired) electrons. The van der Waals surface area contributed by atoms with Gasteiger partial charge in [-0.05, 0) is 38.9 Å². The molecule has 0 saturated heterocycles. The maximum absolute atomic E-state index is 12.1. The van der Waals surface area contributed by atoms with E-state index in [1.54, 1.807) is 6.07 Å². The number of likely N-dealkylation sites (N-methyl/N-ethyl adjacent to an activating group) is 1. The Morgan fingerprint density at radius 1 is 1.45 bits per heavy atom. The summed E-state index contributed by atoms with van der Waals surface area (Å²) in [5, 5.41) is 3.57. The molecule has 1 aromatic carbocycles. The van der Waals surface area contributed by atoms with Crippen molar-refractivity contribution in [1.82, 2.24) is 20.2 Å². The fourth-order valence-corrected chi connectivity index (χ4v) is 2.33. The molecule has 0 bridgehead atoms. The molecule has 2 aromatic rings. The molecule has 1 aliphatic carbocycles. The van der Waals surface area contributed by atoms with Crippen LogP contribution in [0.5, 0.6) is 0 Å². The monoisotopic (exact) mass is 300 g/mol. The van der Waals surface area contributed by atoms with Gasteiger partial charge in [0.05, 0.1) is 23.5 Å². The van der Waals surface area contributed by atoms with Crippen molar-refractivity contribution < 1.29 is 4.79 Å². The first-order chi connectivity index (χ1) is 10.5. The van der Waals surface area contributed by atoms with Crippen LogP contribution >= 0.6 is 0 Å². The number of aromatic nitrogens is 2. The third kappa shape index (κ3) is 3.17. The molecule has 1 aliphatic rings. The molecule has 116 valence electrons. The van der Waals surface area contributed by atoms with Crippen molar-refractivity contribution in [2.75, 3.05) is 7.05 Å². The van der Waals surface area contributed by atoms with Crippen LogP contribution in [0.25, 0.3) is 10.9 Å². The Bertz CT molecular complexity index is 751. The van der Waals surface area contributed by atoms with Crippen molar-refractivity contribution in [3.8, 4) is 0 Å². The fraction of sp³-hybridized carbons (Fsp3) is 0.438. The zero-order chi connectivity index (χ0) is 15.7. The molecule has 2 N–H and O–H groups in total. The number of carbonyl (C=O) groups is 1. The minimum Gasteiger partial charge on any atom is -0.352 e. The topological polar surface area (TPSA) is 78.1 Å². The lowest BCUT2D eigenvalue weighted by Crippen LogP contribution is -2.44. The molecule has 1 atom stereocenters.